The SMILES string of the molecule is CCCCCSCC(NCCC)C1CCOC1. The van der Waals surface area contributed by atoms with Gasteiger partial charge >= 0.3 is 0 Å². The standard InChI is InChI=1S/C14H29NOS/c1-3-5-6-10-17-12-14(15-8-4-2)13-7-9-16-11-13/h13-15H,3-12H2,1-2H3. The molecule has 0 spiro atoms. The molecule has 1 rings (SSSR count). The lowest BCUT2D eigenvalue weighted by atomic mass is 10.0. The number of hydrogen-bond donors (Lipinski definition) is 1. The third kappa shape index (κ3) is 6.68. The summed E-state index contributed by atoms with van der Waals surface area (Å²) in [6.07, 6.45) is 6.56. The summed E-state index contributed by atoms with van der Waals surface area (Å²) >= 11 is 2.12. The highest BCUT2D eigenvalue weighted by molar-refractivity contribution is 7.99. The molecule has 1 heterocycles. The van der Waals surface area contributed by atoms with Crippen LogP contribution in [0, 0.1) is 5.92 Å². The van der Waals surface area contributed by atoms with Gasteiger partial charge < -0.3 is 10.1 Å². The maximum absolute atomic E-state index is 5.51. The first-order valence-electron chi connectivity index (χ1n) is 7.27. The van der Waals surface area contributed by atoms with Crippen molar-refractivity contribution in [1.29, 1.82) is 0 Å². The first kappa shape index (κ1) is 15.3. The second-order valence-electron chi connectivity index (χ2n) is 4.97. The Bertz CT molecular complexity index is 172. The molecular formula is C14H29NOS. The molecule has 0 aromatic heterocycles. The largest absolute Gasteiger partial charge is 0.381 e. The van der Waals surface area contributed by atoms with E-state index in [0.29, 0.717) is 6.04 Å². The van der Waals surface area contributed by atoms with Crippen LogP contribution in [-0.2, 0) is 4.74 Å². The van der Waals surface area contributed by atoms with Crippen molar-refractivity contribution in [1.82, 2.24) is 5.32 Å². The molecule has 1 saturated heterocycles. The van der Waals surface area contributed by atoms with Gasteiger partial charge in [-0.3, -0.25) is 0 Å². The summed E-state index contributed by atoms with van der Waals surface area (Å²) in [4.78, 5) is 0. The predicted molar refractivity (Wildman–Crippen MR) is 77.9 cm³/mol. The zero-order valence-corrected chi connectivity index (χ0v) is 12.4. The van der Waals surface area contributed by atoms with Gasteiger partial charge in [-0.15, -0.1) is 0 Å². The predicted octanol–water partition coefficient (Wildman–Crippen LogP) is 3.31. The Morgan fingerprint density at radius 2 is 2.18 bits per heavy atom. The summed E-state index contributed by atoms with van der Waals surface area (Å²) in [5.74, 6) is 3.34. The maximum Gasteiger partial charge on any atom is 0.0510 e. The molecule has 1 aliphatic heterocycles. The minimum absolute atomic E-state index is 0.670. The van der Waals surface area contributed by atoms with E-state index in [1.807, 2.05) is 0 Å². The van der Waals surface area contributed by atoms with Crippen molar-refractivity contribution in [3.8, 4) is 0 Å². The van der Waals surface area contributed by atoms with Crippen LogP contribution in [0.25, 0.3) is 0 Å². The Kier molecular flexibility index (Phi) is 9.21. The van der Waals surface area contributed by atoms with E-state index >= 15 is 0 Å². The van der Waals surface area contributed by atoms with Gasteiger partial charge in [0.2, 0.25) is 0 Å². The molecule has 0 saturated carbocycles. The summed E-state index contributed by atoms with van der Waals surface area (Å²) in [6.45, 7) is 7.60. The van der Waals surface area contributed by atoms with Gasteiger partial charge in [-0.1, -0.05) is 26.7 Å². The molecule has 1 N–H and O–H groups in total. The Morgan fingerprint density at radius 1 is 1.29 bits per heavy atom. The summed E-state index contributed by atoms with van der Waals surface area (Å²) in [5.41, 5.74) is 0. The second-order valence-corrected chi connectivity index (χ2v) is 6.12. The lowest BCUT2D eigenvalue weighted by Crippen LogP contribution is -2.39. The van der Waals surface area contributed by atoms with Gasteiger partial charge in [-0.25, -0.2) is 0 Å². The van der Waals surface area contributed by atoms with Gasteiger partial charge in [0, 0.05) is 24.3 Å². The molecule has 0 amide bonds. The van der Waals surface area contributed by atoms with Crippen LogP contribution in [0.3, 0.4) is 0 Å². The van der Waals surface area contributed by atoms with E-state index in [0.717, 1.165) is 25.7 Å². The van der Waals surface area contributed by atoms with Crippen molar-refractivity contribution >= 4 is 11.8 Å². The Morgan fingerprint density at radius 3 is 2.82 bits per heavy atom. The number of nitrogens with one attached hydrogen (secondary N) is 1. The summed E-state index contributed by atoms with van der Waals surface area (Å²) in [5, 5.41) is 3.70. The second kappa shape index (κ2) is 10.2. The molecule has 0 aromatic rings. The smallest absolute Gasteiger partial charge is 0.0510 e. The fourth-order valence-corrected chi connectivity index (χ4v) is 3.44. The summed E-state index contributed by atoms with van der Waals surface area (Å²) in [6, 6.07) is 0.670. The molecule has 0 aliphatic carbocycles. The first-order chi connectivity index (χ1) is 8.38. The van der Waals surface area contributed by atoms with Gasteiger partial charge in [0.25, 0.3) is 0 Å². The molecule has 0 bridgehead atoms. The average molecular weight is 259 g/mol. The summed E-state index contributed by atoms with van der Waals surface area (Å²) in [7, 11) is 0. The van der Waals surface area contributed by atoms with E-state index in [9.17, 15) is 0 Å². The van der Waals surface area contributed by atoms with Crippen molar-refractivity contribution < 1.29 is 4.74 Å². The van der Waals surface area contributed by atoms with Gasteiger partial charge in [0.1, 0.15) is 0 Å². The molecule has 3 heteroatoms. The van der Waals surface area contributed by atoms with Crippen LogP contribution in [0.15, 0.2) is 0 Å². The van der Waals surface area contributed by atoms with Crippen molar-refractivity contribution in [3.05, 3.63) is 0 Å². The van der Waals surface area contributed by atoms with E-state index in [2.05, 4.69) is 30.9 Å². The minimum Gasteiger partial charge on any atom is -0.381 e. The Balaban J connectivity index is 2.15. The molecule has 0 aromatic carbocycles. The van der Waals surface area contributed by atoms with Gasteiger partial charge in [-0.05, 0) is 31.6 Å². The Labute approximate surface area is 111 Å². The molecule has 2 atom stereocenters. The third-order valence-electron chi connectivity index (χ3n) is 3.38. The van der Waals surface area contributed by atoms with Crippen LogP contribution in [0.1, 0.15) is 46.0 Å². The van der Waals surface area contributed by atoms with Crippen LogP contribution in [0.4, 0.5) is 0 Å². The van der Waals surface area contributed by atoms with E-state index in [1.54, 1.807) is 0 Å². The zero-order valence-electron chi connectivity index (χ0n) is 11.5. The van der Waals surface area contributed by atoms with Crippen molar-refractivity contribution in [3.63, 3.8) is 0 Å². The van der Waals surface area contributed by atoms with Crippen LogP contribution < -0.4 is 5.32 Å². The van der Waals surface area contributed by atoms with Gasteiger partial charge in [0.15, 0.2) is 0 Å². The maximum atomic E-state index is 5.51. The fourth-order valence-electron chi connectivity index (χ4n) is 2.23. The van der Waals surface area contributed by atoms with Crippen LogP contribution >= 0.6 is 11.8 Å². The third-order valence-corrected chi connectivity index (χ3v) is 4.55. The number of ether oxygens (including phenoxy) is 1. The monoisotopic (exact) mass is 259 g/mol. The molecule has 2 nitrogen and oxygen atoms in total. The molecular weight excluding hydrogens is 230 g/mol. The highest BCUT2D eigenvalue weighted by atomic mass is 32.2. The quantitative estimate of drug-likeness (QED) is 0.608. The average Bonchev–Trinajstić information content (AvgIpc) is 2.86. The van der Waals surface area contributed by atoms with Crippen LogP contribution in [-0.4, -0.2) is 37.3 Å². The fraction of sp³-hybridized carbons (Fsp3) is 1.00. The van der Waals surface area contributed by atoms with Crippen molar-refractivity contribution in [2.24, 2.45) is 5.92 Å². The van der Waals surface area contributed by atoms with E-state index < -0.39 is 0 Å². The van der Waals surface area contributed by atoms with Crippen molar-refractivity contribution in [2.75, 3.05) is 31.3 Å². The number of rotatable bonds is 10. The first-order valence-corrected chi connectivity index (χ1v) is 8.42. The molecule has 1 fully saturated rings. The molecule has 1 aliphatic rings. The van der Waals surface area contributed by atoms with E-state index in [1.165, 1.54) is 43.6 Å². The van der Waals surface area contributed by atoms with E-state index in [-0.39, 0.29) is 0 Å². The lowest BCUT2D eigenvalue weighted by Gasteiger charge is -2.23. The topological polar surface area (TPSA) is 21.3 Å². The van der Waals surface area contributed by atoms with Gasteiger partial charge in [-0.2, -0.15) is 11.8 Å². The number of thioether (sulfide) groups is 1. The lowest BCUT2D eigenvalue weighted by molar-refractivity contribution is 0.179. The van der Waals surface area contributed by atoms with E-state index in [4.69, 9.17) is 4.74 Å². The van der Waals surface area contributed by atoms with Crippen LogP contribution in [0.2, 0.25) is 0 Å². The highest BCUT2D eigenvalue weighted by Gasteiger charge is 2.24. The Hall–Kier alpha value is 0.270. The molecule has 102 valence electrons. The minimum atomic E-state index is 0.670. The normalized spacial score (nSPS) is 21.9. The highest BCUT2D eigenvalue weighted by Crippen LogP contribution is 2.20. The molecule has 17 heavy (non-hydrogen) atoms. The molecule has 0 radical (unpaired) electrons. The molecule has 2 unspecified atom stereocenters. The van der Waals surface area contributed by atoms with Crippen molar-refractivity contribution in [2.45, 2.75) is 52.0 Å². The van der Waals surface area contributed by atoms with Crippen LogP contribution in [0.5, 0.6) is 0 Å². The number of unbranched alkanes of at least 4 members (excludes halogenated alkanes) is 2. The summed E-state index contributed by atoms with van der Waals surface area (Å²) < 4.78 is 5.51. The van der Waals surface area contributed by atoms with Gasteiger partial charge in [0.05, 0.1) is 6.61 Å². The number of hydrogen-bond acceptors (Lipinski definition) is 3. The zero-order chi connectivity index (χ0) is 12.3.